The first-order valence-corrected chi connectivity index (χ1v) is 8.77. The second-order valence-electron chi connectivity index (χ2n) is 8.18. The minimum atomic E-state index is -1.29. The lowest BCUT2D eigenvalue weighted by Gasteiger charge is -2.60. The van der Waals surface area contributed by atoms with E-state index in [1.165, 1.54) is 0 Å². The first-order chi connectivity index (χ1) is 11.7. The van der Waals surface area contributed by atoms with E-state index in [2.05, 4.69) is 0 Å². The van der Waals surface area contributed by atoms with Crippen LogP contribution in [0.1, 0.15) is 25.6 Å². The molecular formula is C16H21ClN4O4+2. The summed E-state index contributed by atoms with van der Waals surface area (Å²) in [7, 11) is 0. The number of piperidine rings is 2. The van der Waals surface area contributed by atoms with Gasteiger partial charge in [-0.3, -0.25) is 30.0 Å². The van der Waals surface area contributed by atoms with Gasteiger partial charge in [0, 0.05) is 9.85 Å². The quantitative estimate of drug-likeness (QED) is 0.540. The highest BCUT2D eigenvalue weighted by atomic mass is 35.5. The second kappa shape index (κ2) is 4.90. The van der Waals surface area contributed by atoms with Crippen molar-refractivity contribution in [2.24, 2.45) is 5.41 Å². The molecule has 1 aromatic carbocycles. The van der Waals surface area contributed by atoms with Gasteiger partial charge in [-0.2, -0.15) is 0 Å². The van der Waals surface area contributed by atoms with E-state index >= 15 is 0 Å². The summed E-state index contributed by atoms with van der Waals surface area (Å²) in [6, 6.07) is 7.47. The largest absolute Gasteiger partial charge is 0.329 e. The Bertz CT molecular complexity index is 731. The van der Waals surface area contributed by atoms with E-state index in [1.807, 2.05) is 18.2 Å². The van der Waals surface area contributed by atoms with Crippen molar-refractivity contribution in [3.63, 3.8) is 0 Å². The molecule has 0 unspecified atom stereocenters. The van der Waals surface area contributed by atoms with Gasteiger partial charge in [0.25, 0.3) is 0 Å². The molecule has 134 valence electrons. The molecule has 4 bridgehead atoms. The Morgan fingerprint density at radius 3 is 1.84 bits per heavy atom. The maximum Gasteiger partial charge on any atom is 0.329 e. The molecule has 9 heteroatoms. The SMILES string of the molecule is CC1(C)C2([N+](=O)[O-])C[NH+]3CC1([N+](=O)[O-])C[NH+](C2)C3c1ccccc1Cl. The molecule has 1 aromatic rings. The highest BCUT2D eigenvalue weighted by molar-refractivity contribution is 6.31. The van der Waals surface area contributed by atoms with Crippen LogP contribution in [0.2, 0.25) is 5.02 Å². The lowest BCUT2D eigenvalue weighted by Crippen LogP contribution is -3.43. The summed E-state index contributed by atoms with van der Waals surface area (Å²) < 4.78 is 0. The Kier molecular flexibility index (Phi) is 3.27. The molecule has 4 saturated heterocycles. The zero-order chi connectivity index (χ0) is 18.2. The van der Waals surface area contributed by atoms with E-state index in [0.717, 1.165) is 15.4 Å². The molecule has 0 radical (unpaired) electrons. The molecule has 8 nitrogen and oxygen atoms in total. The molecule has 4 aliphatic heterocycles. The van der Waals surface area contributed by atoms with Crippen LogP contribution in [0.15, 0.2) is 24.3 Å². The lowest BCUT2D eigenvalue weighted by molar-refractivity contribution is -1.20. The highest BCUT2D eigenvalue weighted by Crippen LogP contribution is 2.48. The molecule has 0 amide bonds. The maximum atomic E-state index is 12.1. The average Bonchev–Trinajstić information content (AvgIpc) is 2.52. The summed E-state index contributed by atoms with van der Waals surface area (Å²) in [6.45, 7) is 4.60. The Labute approximate surface area is 149 Å². The van der Waals surface area contributed by atoms with Crippen LogP contribution >= 0.6 is 11.6 Å². The predicted molar refractivity (Wildman–Crippen MR) is 88.8 cm³/mol. The molecule has 4 heterocycles. The minimum absolute atomic E-state index is 0.0917. The van der Waals surface area contributed by atoms with Crippen molar-refractivity contribution in [3.8, 4) is 0 Å². The number of hydrogen-bond acceptors (Lipinski definition) is 4. The van der Waals surface area contributed by atoms with Crippen molar-refractivity contribution in [3.05, 3.63) is 55.1 Å². The highest BCUT2D eigenvalue weighted by Gasteiger charge is 2.87. The van der Waals surface area contributed by atoms with E-state index in [0.29, 0.717) is 31.2 Å². The van der Waals surface area contributed by atoms with Crippen LogP contribution in [0, 0.1) is 25.6 Å². The van der Waals surface area contributed by atoms with Crippen molar-refractivity contribution in [1.82, 2.24) is 0 Å². The molecule has 0 saturated carbocycles. The van der Waals surface area contributed by atoms with Gasteiger partial charge in [0.2, 0.25) is 6.17 Å². The van der Waals surface area contributed by atoms with Crippen LogP contribution in [0.25, 0.3) is 0 Å². The molecule has 5 rings (SSSR count). The molecule has 2 N–H and O–H groups in total. The minimum Gasteiger partial charge on any atom is -0.269 e. The maximum absolute atomic E-state index is 12.1. The lowest BCUT2D eigenvalue weighted by atomic mass is 9.53. The molecule has 0 spiro atoms. The normalized spacial score (nSPS) is 40.8. The second-order valence-corrected chi connectivity index (χ2v) is 8.59. The zero-order valence-electron chi connectivity index (χ0n) is 14.1. The molecule has 0 aliphatic carbocycles. The van der Waals surface area contributed by atoms with E-state index in [9.17, 15) is 20.2 Å². The Morgan fingerprint density at radius 1 is 1.00 bits per heavy atom. The van der Waals surface area contributed by atoms with E-state index in [4.69, 9.17) is 11.6 Å². The van der Waals surface area contributed by atoms with Gasteiger partial charge in [-0.1, -0.05) is 23.7 Å². The Hall–Kier alpha value is -1.77. The molecule has 25 heavy (non-hydrogen) atoms. The van der Waals surface area contributed by atoms with Crippen molar-refractivity contribution >= 4 is 11.6 Å². The molecule has 0 aromatic heterocycles. The van der Waals surface area contributed by atoms with Crippen LogP contribution in [-0.4, -0.2) is 47.1 Å². The van der Waals surface area contributed by atoms with Crippen molar-refractivity contribution in [1.29, 1.82) is 0 Å². The number of hydrogen-bond donors (Lipinski definition) is 2. The summed E-state index contributed by atoms with van der Waals surface area (Å²) in [4.78, 5) is 25.4. The number of benzene rings is 1. The fourth-order valence-electron chi connectivity index (χ4n) is 5.63. The Balaban J connectivity index is 1.87. The van der Waals surface area contributed by atoms with Crippen LogP contribution in [0.5, 0.6) is 0 Å². The van der Waals surface area contributed by atoms with Crippen LogP contribution in [-0.2, 0) is 0 Å². The number of rotatable bonds is 3. The number of nitrogens with one attached hydrogen (secondary N) is 2. The van der Waals surface area contributed by atoms with Gasteiger partial charge < -0.3 is 0 Å². The molecular weight excluding hydrogens is 348 g/mol. The standard InChI is InChI=1S/C16H19ClN4O4/c1-14(2)15(20(22)23)7-18-9-16(14,21(24)25)10-19(8-15)13(18)11-5-3-4-6-12(11)17/h3-6,13H,7-10H2,1-2H3/p+2. The fourth-order valence-corrected chi connectivity index (χ4v) is 5.87. The van der Waals surface area contributed by atoms with Gasteiger partial charge in [0.1, 0.15) is 5.41 Å². The van der Waals surface area contributed by atoms with E-state index in [1.54, 1.807) is 19.9 Å². The van der Waals surface area contributed by atoms with Gasteiger partial charge >= 0.3 is 11.1 Å². The van der Waals surface area contributed by atoms with Gasteiger partial charge in [0.15, 0.2) is 26.2 Å². The summed E-state index contributed by atoms with van der Waals surface area (Å²) in [5.74, 6) is 0. The van der Waals surface area contributed by atoms with E-state index < -0.39 is 16.5 Å². The summed E-state index contributed by atoms with van der Waals surface area (Å²) in [5, 5.41) is 24.8. The van der Waals surface area contributed by atoms with Crippen LogP contribution in [0.4, 0.5) is 0 Å². The van der Waals surface area contributed by atoms with Crippen LogP contribution in [0.3, 0.4) is 0 Å². The van der Waals surface area contributed by atoms with Crippen molar-refractivity contribution < 1.29 is 19.6 Å². The van der Waals surface area contributed by atoms with E-state index in [-0.39, 0.29) is 16.0 Å². The van der Waals surface area contributed by atoms with Gasteiger partial charge in [-0.05, 0) is 26.0 Å². The number of nitrogens with zero attached hydrogens (tertiary/aromatic N) is 2. The third-order valence-corrected chi connectivity index (χ3v) is 7.48. The number of halogens is 1. The third-order valence-electron chi connectivity index (χ3n) is 7.14. The first kappa shape index (κ1) is 16.7. The molecule has 4 aliphatic rings. The molecule has 0 atom stereocenters. The van der Waals surface area contributed by atoms with Gasteiger partial charge in [0.05, 0.1) is 10.6 Å². The van der Waals surface area contributed by atoms with Crippen molar-refractivity contribution in [2.75, 3.05) is 26.2 Å². The fraction of sp³-hybridized carbons (Fsp3) is 0.625. The predicted octanol–water partition coefficient (Wildman–Crippen LogP) is -0.794. The topological polar surface area (TPSA) is 95.2 Å². The number of nitro groups is 2. The van der Waals surface area contributed by atoms with Gasteiger partial charge in [-0.25, -0.2) is 0 Å². The summed E-state index contributed by atoms with van der Waals surface area (Å²) in [5.41, 5.74) is -2.67. The van der Waals surface area contributed by atoms with Gasteiger partial charge in [-0.15, -0.1) is 0 Å². The monoisotopic (exact) mass is 368 g/mol. The zero-order valence-corrected chi connectivity index (χ0v) is 14.9. The molecule has 4 fully saturated rings. The third kappa shape index (κ3) is 1.79. The summed E-state index contributed by atoms with van der Waals surface area (Å²) >= 11 is 6.37. The summed E-state index contributed by atoms with van der Waals surface area (Å²) in [6.07, 6.45) is -0.0917. The average molecular weight is 369 g/mol. The van der Waals surface area contributed by atoms with Crippen LogP contribution < -0.4 is 9.80 Å². The van der Waals surface area contributed by atoms with Crippen molar-refractivity contribution in [2.45, 2.75) is 31.1 Å². The smallest absolute Gasteiger partial charge is 0.269 e. The number of quaternary nitrogens is 2. The Morgan fingerprint density at radius 2 is 1.44 bits per heavy atom. The first-order valence-electron chi connectivity index (χ1n) is 8.39.